The van der Waals surface area contributed by atoms with E-state index < -0.39 is 0 Å². The van der Waals surface area contributed by atoms with Crippen molar-refractivity contribution in [1.82, 2.24) is 10.3 Å². The van der Waals surface area contributed by atoms with Gasteiger partial charge in [-0.3, -0.25) is 0 Å². The highest BCUT2D eigenvalue weighted by molar-refractivity contribution is 7.18. The smallest absolute Gasteiger partial charge is 0.0944 e. The molecule has 1 N–H and O–H groups in total. The van der Waals surface area contributed by atoms with E-state index >= 15 is 0 Å². The maximum Gasteiger partial charge on any atom is 0.0944 e. The molecule has 0 spiro atoms. The number of benzene rings is 1. The van der Waals surface area contributed by atoms with Gasteiger partial charge >= 0.3 is 0 Å². The molecule has 0 fully saturated rings. The zero-order chi connectivity index (χ0) is 14.4. The van der Waals surface area contributed by atoms with Crippen molar-refractivity contribution >= 4 is 21.6 Å². The molecule has 110 valence electrons. The number of hydrogen-bond donors (Lipinski definition) is 1. The van der Waals surface area contributed by atoms with E-state index in [9.17, 15) is 0 Å². The van der Waals surface area contributed by atoms with Gasteiger partial charge in [-0.05, 0) is 37.4 Å². The lowest BCUT2D eigenvalue weighted by molar-refractivity contribution is 0.235. The van der Waals surface area contributed by atoms with Crippen LogP contribution in [0.5, 0.6) is 0 Å². The van der Waals surface area contributed by atoms with Crippen LogP contribution < -0.4 is 5.32 Å². The molecule has 20 heavy (non-hydrogen) atoms. The summed E-state index contributed by atoms with van der Waals surface area (Å²) in [5.74, 6) is 0. The minimum Gasteiger partial charge on any atom is -0.319 e. The highest BCUT2D eigenvalue weighted by Gasteiger charge is 2.28. The van der Waals surface area contributed by atoms with Gasteiger partial charge in [0.15, 0.2) is 0 Å². The van der Waals surface area contributed by atoms with E-state index in [-0.39, 0.29) is 0 Å². The maximum absolute atomic E-state index is 4.83. The van der Waals surface area contributed by atoms with Crippen molar-refractivity contribution < 1.29 is 0 Å². The maximum atomic E-state index is 4.83. The van der Waals surface area contributed by atoms with Crippen LogP contribution in [0.1, 0.15) is 44.5 Å². The van der Waals surface area contributed by atoms with Crippen molar-refractivity contribution in [1.29, 1.82) is 0 Å². The fourth-order valence-corrected chi connectivity index (χ4v) is 4.05. The van der Waals surface area contributed by atoms with Gasteiger partial charge in [-0.25, -0.2) is 4.98 Å². The fourth-order valence-electron chi connectivity index (χ4n) is 2.91. The van der Waals surface area contributed by atoms with E-state index in [2.05, 4.69) is 50.5 Å². The first-order valence-electron chi connectivity index (χ1n) is 7.72. The first-order chi connectivity index (χ1) is 9.73. The lowest BCUT2D eigenvalue weighted by atomic mass is 9.77. The number of aromatic nitrogens is 1. The molecule has 2 rings (SSSR count). The van der Waals surface area contributed by atoms with E-state index in [0.717, 1.165) is 18.5 Å². The summed E-state index contributed by atoms with van der Waals surface area (Å²) in [4.78, 5) is 4.83. The third-order valence-electron chi connectivity index (χ3n) is 4.23. The molecule has 1 aromatic carbocycles. The topological polar surface area (TPSA) is 24.9 Å². The summed E-state index contributed by atoms with van der Waals surface area (Å²) in [6.45, 7) is 5.68. The monoisotopic (exact) mass is 290 g/mol. The van der Waals surface area contributed by atoms with Gasteiger partial charge < -0.3 is 5.32 Å². The van der Waals surface area contributed by atoms with Gasteiger partial charge in [0, 0.05) is 13.0 Å². The Morgan fingerprint density at radius 2 is 2.05 bits per heavy atom. The summed E-state index contributed by atoms with van der Waals surface area (Å²) in [5, 5.41) is 4.69. The summed E-state index contributed by atoms with van der Waals surface area (Å²) in [5.41, 5.74) is 1.51. The van der Waals surface area contributed by atoms with Crippen LogP contribution in [0.25, 0.3) is 10.2 Å². The van der Waals surface area contributed by atoms with Crippen molar-refractivity contribution in [2.75, 3.05) is 13.6 Å². The molecular weight excluding hydrogens is 264 g/mol. The fraction of sp³-hybridized carbons (Fsp3) is 0.588. The normalized spacial score (nSPS) is 14.6. The Hall–Kier alpha value is -0.930. The van der Waals surface area contributed by atoms with Crippen LogP contribution >= 0.6 is 11.3 Å². The number of nitrogens with one attached hydrogen (secondary N) is 1. The Morgan fingerprint density at radius 1 is 1.25 bits per heavy atom. The van der Waals surface area contributed by atoms with Gasteiger partial charge in [-0.15, -0.1) is 11.3 Å². The van der Waals surface area contributed by atoms with Crippen LogP contribution in [-0.2, 0) is 6.42 Å². The molecule has 1 atom stereocenters. The van der Waals surface area contributed by atoms with Gasteiger partial charge in [0.25, 0.3) is 0 Å². The predicted molar refractivity (Wildman–Crippen MR) is 89.5 cm³/mol. The molecule has 0 saturated carbocycles. The molecule has 1 heterocycles. The Balaban J connectivity index is 2.20. The summed E-state index contributed by atoms with van der Waals surface area (Å²) in [6, 6.07) is 8.47. The highest BCUT2D eigenvalue weighted by atomic mass is 32.1. The van der Waals surface area contributed by atoms with Gasteiger partial charge in [-0.1, -0.05) is 38.8 Å². The summed E-state index contributed by atoms with van der Waals surface area (Å²) in [7, 11) is 2.06. The van der Waals surface area contributed by atoms with Gasteiger partial charge in [-0.2, -0.15) is 0 Å². The van der Waals surface area contributed by atoms with Crippen molar-refractivity contribution in [2.24, 2.45) is 5.41 Å². The first-order valence-corrected chi connectivity index (χ1v) is 8.53. The van der Waals surface area contributed by atoms with Gasteiger partial charge in [0.2, 0.25) is 0 Å². The molecule has 2 nitrogen and oxygen atoms in total. The van der Waals surface area contributed by atoms with E-state index in [4.69, 9.17) is 4.98 Å². The average Bonchev–Trinajstić information content (AvgIpc) is 2.87. The Bertz CT molecular complexity index is 502. The molecule has 0 aliphatic carbocycles. The number of fused-ring (bicyclic) bond motifs is 1. The SMILES string of the molecule is CCCCC(CC)(CNC)Cc1nc2ccccc2s1. The second-order valence-corrected chi connectivity index (χ2v) is 6.85. The molecule has 2 aromatic rings. The van der Waals surface area contributed by atoms with E-state index in [1.54, 1.807) is 0 Å². The number of para-hydroxylation sites is 1. The van der Waals surface area contributed by atoms with Gasteiger partial charge in [0.1, 0.15) is 0 Å². The minimum absolute atomic E-state index is 0.360. The summed E-state index contributed by atoms with van der Waals surface area (Å²) < 4.78 is 1.31. The number of hydrogen-bond acceptors (Lipinski definition) is 3. The Labute approximate surface area is 126 Å². The molecule has 0 bridgehead atoms. The number of thiazole rings is 1. The largest absolute Gasteiger partial charge is 0.319 e. The zero-order valence-electron chi connectivity index (χ0n) is 12.9. The van der Waals surface area contributed by atoms with Crippen LogP contribution in [0.2, 0.25) is 0 Å². The Morgan fingerprint density at radius 3 is 2.70 bits per heavy atom. The molecule has 0 amide bonds. The third-order valence-corrected chi connectivity index (χ3v) is 5.26. The van der Waals surface area contributed by atoms with E-state index in [1.165, 1.54) is 35.4 Å². The molecule has 3 heteroatoms. The van der Waals surface area contributed by atoms with Crippen LogP contribution in [0.4, 0.5) is 0 Å². The standard InChI is InChI=1S/C17H26N2S/c1-4-6-11-17(5-2,13-18-3)12-16-19-14-9-7-8-10-15(14)20-16/h7-10,18H,4-6,11-13H2,1-3H3. The highest BCUT2D eigenvalue weighted by Crippen LogP contribution is 2.35. The third kappa shape index (κ3) is 3.58. The van der Waals surface area contributed by atoms with Crippen molar-refractivity contribution in [3.8, 4) is 0 Å². The van der Waals surface area contributed by atoms with E-state index in [1.807, 2.05) is 11.3 Å². The molecule has 0 aliphatic rings. The van der Waals surface area contributed by atoms with Crippen LogP contribution in [0.3, 0.4) is 0 Å². The summed E-state index contributed by atoms with van der Waals surface area (Å²) in [6.07, 6.45) is 6.18. The summed E-state index contributed by atoms with van der Waals surface area (Å²) >= 11 is 1.86. The average molecular weight is 290 g/mol. The number of nitrogens with zero attached hydrogens (tertiary/aromatic N) is 1. The second-order valence-electron chi connectivity index (χ2n) is 5.74. The van der Waals surface area contributed by atoms with Crippen molar-refractivity contribution in [2.45, 2.75) is 46.0 Å². The van der Waals surface area contributed by atoms with Crippen LogP contribution in [0.15, 0.2) is 24.3 Å². The predicted octanol–water partition coefficient (Wildman–Crippen LogP) is 4.64. The molecule has 0 saturated heterocycles. The second kappa shape index (κ2) is 7.19. The number of unbranched alkanes of at least 4 members (excludes halogenated alkanes) is 1. The molecule has 1 unspecified atom stereocenters. The van der Waals surface area contributed by atoms with Crippen molar-refractivity contribution in [3.63, 3.8) is 0 Å². The van der Waals surface area contributed by atoms with Crippen LogP contribution in [-0.4, -0.2) is 18.6 Å². The van der Waals surface area contributed by atoms with E-state index in [0.29, 0.717) is 5.41 Å². The quantitative estimate of drug-likeness (QED) is 0.766. The minimum atomic E-state index is 0.360. The molecule has 1 aromatic heterocycles. The lowest BCUT2D eigenvalue weighted by Gasteiger charge is -2.32. The first kappa shape index (κ1) is 15.5. The van der Waals surface area contributed by atoms with Crippen LogP contribution in [0, 0.1) is 5.41 Å². The molecule has 0 radical (unpaired) electrons. The number of rotatable bonds is 8. The zero-order valence-corrected chi connectivity index (χ0v) is 13.7. The van der Waals surface area contributed by atoms with Gasteiger partial charge in [0.05, 0.1) is 15.2 Å². The molecule has 0 aliphatic heterocycles. The lowest BCUT2D eigenvalue weighted by Crippen LogP contribution is -2.34. The molecular formula is C17H26N2S. The van der Waals surface area contributed by atoms with Crippen molar-refractivity contribution in [3.05, 3.63) is 29.3 Å². The Kier molecular flexibility index (Phi) is 5.55.